The third-order valence-electron chi connectivity index (χ3n) is 3.25. The van der Waals surface area contributed by atoms with Gasteiger partial charge in [-0.05, 0) is 23.8 Å². The Bertz CT molecular complexity index is 850. The van der Waals surface area contributed by atoms with Gasteiger partial charge in [0.25, 0.3) is 0 Å². The zero-order chi connectivity index (χ0) is 19.7. The van der Waals surface area contributed by atoms with Crippen LogP contribution < -0.4 is 16.5 Å². The summed E-state index contributed by atoms with van der Waals surface area (Å²) >= 11 is 0. The number of nitrogens with zero attached hydrogens (tertiary/aromatic N) is 2. The molecule has 0 fully saturated rings. The predicted molar refractivity (Wildman–Crippen MR) is 79.2 cm³/mol. The summed E-state index contributed by atoms with van der Waals surface area (Å²) in [5, 5.41) is 17.5. The molecule has 140 valence electrons. The fraction of sp³-hybridized carbons (Fsp3) is 0.214. The van der Waals surface area contributed by atoms with E-state index in [1.165, 1.54) is 12.4 Å². The third kappa shape index (κ3) is 4.32. The molecule has 6 nitrogen and oxygen atoms in total. The number of benzene rings is 1. The van der Waals surface area contributed by atoms with Crippen LogP contribution in [0.15, 0.2) is 30.6 Å². The standard InChI is InChI=1S/C14H12F6N6/c15-13(16,17)8-3-7(4-9(5-8)14(18,19)20)6-25-11-10(21)26(12(22)23)2-1-24-11/h1-5,21H,6H2,(H3,22,23)(H,24,25). The van der Waals surface area contributed by atoms with Crippen molar-refractivity contribution in [1.82, 2.24) is 9.55 Å². The first-order valence-electron chi connectivity index (χ1n) is 6.88. The molecule has 5 N–H and O–H groups in total. The quantitative estimate of drug-likeness (QED) is 0.375. The Hall–Kier alpha value is -3.05. The second-order valence-electron chi connectivity index (χ2n) is 5.15. The number of aromatic nitrogens is 2. The Morgan fingerprint density at radius 3 is 2.08 bits per heavy atom. The molecule has 0 aliphatic rings. The largest absolute Gasteiger partial charge is 0.416 e. The molecule has 0 aliphatic carbocycles. The van der Waals surface area contributed by atoms with Gasteiger partial charge in [0.1, 0.15) is 0 Å². The molecule has 0 spiro atoms. The summed E-state index contributed by atoms with van der Waals surface area (Å²) in [6.45, 7) is -0.451. The van der Waals surface area contributed by atoms with E-state index >= 15 is 0 Å². The van der Waals surface area contributed by atoms with E-state index in [2.05, 4.69) is 10.3 Å². The lowest BCUT2D eigenvalue weighted by Crippen LogP contribution is -2.33. The van der Waals surface area contributed by atoms with E-state index in [-0.39, 0.29) is 22.9 Å². The maximum Gasteiger partial charge on any atom is 0.416 e. The summed E-state index contributed by atoms with van der Waals surface area (Å²) in [7, 11) is 0. The van der Waals surface area contributed by atoms with Crippen molar-refractivity contribution in [3.63, 3.8) is 0 Å². The molecule has 0 saturated carbocycles. The van der Waals surface area contributed by atoms with E-state index in [0.717, 1.165) is 4.57 Å². The van der Waals surface area contributed by atoms with Gasteiger partial charge in [-0.15, -0.1) is 0 Å². The van der Waals surface area contributed by atoms with Crippen LogP contribution in [0, 0.1) is 10.8 Å². The van der Waals surface area contributed by atoms with Gasteiger partial charge < -0.3 is 11.1 Å². The molecule has 0 atom stereocenters. The number of halogens is 6. The third-order valence-corrected chi connectivity index (χ3v) is 3.25. The van der Waals surface area contributed by atoms with Crippen LogP contribution in [0.1, 0.15) is 16.7 Å². The van der Waals surface area contributed by atoms with Gasteiger partial charge in [-0.3, -0.25) is 15.4 Å². The highest BCUT2D eigenvalue weighted by molar-refractivity contribution is 5.77. The number of nitrogens with one attached hydrogen (secondary N) is 3. The molecule has 26 heavy (non-hydrogen) atoms. The van der Waals surface area contributed by atoms with Gasteiger partial charge in [0.2, 0.25) is 0 Å². The molecule has 1 aromatic carbocycles. The van der Waals surface area contributed by atoms with Crippen molar-refractivity contribution in [3.8, 4) is 0 Å². The Morgan fingerprint density at radius 2 is 1.62 bits per heavy atom. The summed E-state index contributed by atoms with van der Waals surface area (Å²) in [5.74, 6) is -0.660. The number of alkyl halides is 6. The van der Waals surface area contributed by atoms with E-state index < -0.39 is 36.0 Å². The lowest BCUT2D eigenvalue weighted by Gasteiger charge is -2.15. The molecule has 0 aliphatic heterocycles. The van der Waals surface area contributed by atoms with Gasteiger partial charge in [0.05, 0.1) is 11.1 Å². The van der Waals surface area contributed by atoms with E-state index in [0.29, 0.717) is 12.1 Å². The minimum Gasteiger partial charge on any atom is -0.369 e. The van der Waals surface area contributed by atoms with Crippen LogP contribution >= 0.6 is 0 Å². The smallest absolute Gasteiger partial charge is 0.369 e. The predicted octanol–water partition coefficient (Wildman–Crippen LogP) is 2.75. The van der Waals surface area contributed by atoms with Gasteiger partial charge in [-0.1, -0.05) is 0 Å². The zero-order valence-corrected chi connectivity index (χ0v) is 12.8. The highest BCUT2D eigenvalue weighted by atomic mass is 19.4. The summed E-state index contributed by atoms with van der Waals surface area (Å²) in [5.41, 5.74) is 1.70. The lowest BCUT2D eigenvalue weighted by molar-refractivity contribution is -0.143. The maximum atomic E-state index is 12.8. The first kappa shape index (κ1) is 19.3. The van der Waals surface area contributed by atoms with Crippen LogP contribution in [0.25, 0.3) is 0 Å². The van der Waals surface area contributed by atoms with Gasteiger partial charge in [0.15, 0.2) is 17.3 Å². The van der Waals surface area contributed by atoms with Crippen LogP contribution in [-0.4, -0.2) is 15.5 Å². The first-order chi connectivity index (χ1) is 11.9. The Labute approximate surface area is 142 Å². The van der Waals surface area contributed by atoms with Crippen molar-refractivity contribution >= 4 is 11.8 Å². The number of anilines is 1. The molecular weight excluding hydrogens is 366 g/mol. The number of nitrogen functional groups attached to an aromatic ring is 1. The van der Waals surface area contributed by atoms with Crippen LogP contribution in [-0.2, 0) is 18.9 Å². The molecule has 1 heterocycles. The van der Waals surface area contributed by atoms with E-state index in [4.69, 9.17) is 16.6 Å². The molecular formula is C14H12F6N6. The molecule has 12 heteroatoms. The van der Waals surface area contributed by atoms with Crippen molar-refractivity contribution in [2.45, 2.75) is 18.9 Å². The van der Waals surface area contributed by atoms with E-state index in [1.54, 1.807) is 0 Å². The zero-order valence-electron chi connectivity index (χ0n) is 12.8. The molecule has 0 saturated heterocycles. The van der Waals surface area contributed by atoms with E-state index in [9.17, 15) is 26.3 Å². The second kappa shape index (κ2) is 6.69. The van der Waals surface area contributed by atoms with Crippen LogP contribution in [0.2, 0.25) is 0 Å². The minimum absolute atomic E-state index is 0.0316. The molecule has 0 unspecified atom stereocenters. The second-order valence-corrected chi connectivity index (χ2v) is 5.15. The first-order valence-corrected chi connectivity index (χ1v) is 6.88. The minimum atomic E-state index is -4.95. The molecule has 0 amide bonds. The van der Waals surface area contributed by atoms with Crippen molar-refractivity contribution in [2.24, 2.45) is 5.73 Å². The average Bonchev–Trinajstić information content (AvgIpc) is 2.51. The summed E-state index contributed by atoms with van der Waals surface area (Å²) < 4.78 is 77.9. The van der Waals surface area contributed by atoms with Crippen LogP contribution in [0.5, 0.6) is 0 Å². The molecule has 1 aromatic heterocycles. The highest BCUT2D eigenvalue weighted by Crippen LogP contribution is 2.36. The highest BCUT2D eigenvalue weighted by Gasteiger charge is 2.36. The fourth-order valence-corrected chi connectivity index (χ4v) is 2.06. The summed E-state index contributed by atoms with van der Waals surface area (Å²) in [4.78, 5) is 3.76. The monoisotopic (exact) mass is 378 g/mol. The van der Waals surface area contributed by atoms with Gasteiger partial charge in [-0.25, -0.2) is 4.98 Å². The van der Waals surface area contributed by atoms with Crippen LogP contribution in [0.4, 0.5) is 32.2 Å². The van der Waals surface area contributed by atoms with Crippen molar-refractivity contribution in [3.05, 3.63) is 52.8 Å². The van der Waals surface area contributed by atoms with Gasteiger partial charge in [-0.2, -0.15) is 26.3 Å². The van der Waals surface area contributed by atoms with Crippen molar-refractivity contribution < 1.29 is 26.3 Å². The maximum absolute atomic E-state index is 12.8. The Balaban J connectivity index is 2.37. The topological polar surface area (TPSA) is 104 Å². The van der Waals surface area contributed by atoms with E-state index in [1.807, 2.05) is 0 Å². The summed E-state index contributed by atoms with van der Waals surface area (Å²) in [6.07, 6.45) is -7.50. The molecule has 0 bridgehead atoms. The number of nitrogens with two attached hydrogens (primary N) is 1. The average molecular weight is 378 g/mol. The molecule has 0 radical (unpaired) electrons. The lowest BCUT2D eigenvalue weighted by atomic mass is 10.0. The fourth-order valence-electron chi connectivity index (χ4n) is 2.06. The van der Waals surface area contributed by atoms with Gasteiger partial charge in [0, 0.05) is 18.9 Å². The summed E-state index contributed by atoms with van der Waals surface area (Å²) in [6, 6.07) is 1.19. The molecule has 2 aromatic rings. The van der Waals surface area contributed by atoms with Gasteiger partial charge >= 0.3 is 12.4 Å². The normalized spacial score (nSPS) is 12.1. The number of rotatable bonds is 3. The Morgan fingerprint density at radius 1 is 1.08 bits per heavy atom. The Kier molecular flexibility index (Phi) is 4.96. The number of hydrogen-bond donors (Lipinski definition) is 4. The van der Waals surface area contributed by atoms with Crippen molar-refractivity contribution in [1.29, 1.82) is 10.8 Å². The SMILES string of the molecule is N=C(N)n1ccnc(NCc2cc(C(F)(F)F)cc(C(F)(F)F)c2)c1=N. The molecule has 2 rings (SSSR count). The number of hydrogen-bond acceptors (Lipinski definition) is 4. The van der Waals surface area contributed by atoms with Crippen LogP contribution in [0.3, 0.4) is 0 Å². The van der Waals surface area contributed by atoms with Crippen molar-refractivity contribution in [2.75, 3.05) is 5.32 Å².